The summed E-state index contributed by atoms with van der Waals surface area (Å²) in [6, 6.07) is 8.69. The Morgan fingerprint density at radius 1 is 1.06 bits per heavy atom. The molecular weight excluding hydrogens is 390 g/mol. The van der Waals surface area contributed by atoms with Crippen LogP contribution in [0.2, 0.25) is 0 Å². The van der Waals surface area contributed by atoms with Crippen LogP contribution in [0.5, 0.6) is 5.75 Å². The highest BCUT2D eigenvalue weighted by molar-refractivity contribution is 5.80. The van der Waals surface area contributed by atoms with E-state index in [9.17, 15) is 0 Å². The van der Waals surface area contributed by atoms with E-state index in [-0.39, 0.29) is 5.41 Å². The van der Waals surface area contributed by atoms with Crippen LogP contribution in [0.4, 0.5) is 0 Å². The third-order valence-corrected chi connectivity index (χ3v) is 6.90. The number of nitrogens with zero attached hydrogens (tertiary/aromatic N) is 2. The number of rotatable bonds is 9. The van der Waals surface area contributed by atoms with Crippen LogP contribution in [0.1, 0.15) is 56.9 Å². The number of hydrogen-bond acceptors (Lipinski definition) is 4. The average Bonchev–Trinajstić information content (AvgIpc) is 2.84. The van der Waals surface area contributed by atoms with Crippen LogP contribution in [0.3, 0.4) is 0 Å². The second-order valence-corrected chi connectivity index (χ2v) is 8.87. The van der Waals surface area contributed by atoms with Gasteiger partial charge < -0.3 is 24.4 Å². The van der Waals surface area contributed by atoms with Gasteiger partial charge in [0.25, 0.3) is 0 Å². The minimum absolute atomic E-state index is 0.170. The van der Waals surface area contributed by atoms with Gasteiger partial charge in [-0.1, -0.05) is 31.4 Å². The van der Waals surface area contributed by atoms with Gasteiger partial charge in [-0.3, -0.25) is 4.99 Å². The zero-order valence-electron chi connectivity index (χ0n) is 19.7. The van der Waals surface area contributed by atoms with Crippen LogP contribution in [-0.2, 0) is 14.9 Å². The van der Waals surface area contributed by atoms with Crippen LogP contribution in [0, 0.1) is 0 Å². The normalized spacial score (nSPS) is 20.0. The van der Waals surface area contributed by atoms with Gasteiger partial charge in [-0.2, -0.15) is 0 Å². The number of likely N-dealkylation sites (tertiary alicyclic amines) is 1. The van der Waals surface area contributed by atoms with Crippen molar-refractivity contribution in [2.75, 3.05) is 54.1 Å². The molecule has 31 heavy (non-hydrogen) atoms. The number of ether oxygens (including phenoxy) is 3. The molecular formula is C25H41N3O3. The summed E-state index contributed by atoms with van der Waals surface area (Å²) in [4.78, 5) is 7.00. The molecule has 2 aliphatic rings. The zero-order chi connectivity index (χ0) is 21.9. The van der Waals surface area contributed by atoms with Gasteiger partial charge in [0.1, 0.15) is 5.75 Å². The number of piperidine rings is 1. The monoisotopic (exact) mass is 431 g/mol. The Labute approximate surface area is 188 Å². The molecule has 0 bridgehead atoms. The molecule has 0 spiro atoms. The van der Waals surface area contributed by atoms with Crippen molar-refractivity contribution >= 4 is 5.96 Å². The molecule has 1 heterocycles. The number of aliphatic imine (C=N–C) groups is 1. The lowest BCUT2D eigenvalue weighted by molar-refractivity contribution is 0.00985. The lowest BCUT2D eigenvalue weighted by Gasteiger charge is -2.40. The Hall–Kier alpha value is -1.79. The third kappa shape index (κ3) is 6.59. The molecule has 0 atom stereocenters. The van der Waals surface area contributed by atoms with E-state index in [0.717, 1.165) is 63.8 Å². The minimum atomic E-state index is 0.170. The van der Waals surface area contributed by atoms with Crippen LogP contribution in [-0.4, -0.2) is 71.1 Å². The first kappa shape index (κ1) is 23.9. The topological polar surface area (TPSA) is 55.3 Å². The van der Waals surface area contributed by atoms with Crippen molar-refractivity contribution in [3.8, 4) is 5.75 Å². The Morgan fingerprint density at radius 3 is 2.39 bits per heavy atom. The molecule has 1 aromatic carbocycles. The third-order valence-electron chi connectivity index (χ3n) is 6.90. The van der Waals surface area contributed by atoms with E-state index in [2.05, 4.69) is 39.5 Å². The summed E-state index contributed by atoms with van der Waals surface area (Å²) in [5.74, 6) is 1.95. The number of hydrogen-bond donors (Lipinski definition) is 1. The smallest absolute Gasteiger partial charge is 0.193 e. The molecule has 1 saturated heterocycles. The molecule has 3 rings (SSSR count). The molecule has 1 saturated carbocycles. The molecule has 0 unspecified atom stereocenters. The summed E-state index contributed by atoms with van der Waals surface area (Å²) in [6.07, 6.45) is 9.79. The number of benzene rings is 1. The Morgan fingerprint density at radius 2 is 1.77 bits per heavy atom. The maximum atomic E-state index is 6.02. The van der Waals surface area contributed by atoms with Gasteiger partial charge >= 0.3 is 0 Å². The highest BCUT2D eigenvalue weighted by Gasteiger charge is 2.34. The van der Waals surface area contributed by atoms with Gasteiger partial charge in [0.05, 0.1) is 13.2 Å². The predicted octanol–water partition coefficient (Wildman–Crippen LogP) is 3.99. The molecule has 1 aliphatic carbocycles. The van der Waals surface area contributed by atoms with E-state index < -0.39 is 0 Å². The average molecular weight is 432 g/mol. The van der Waals surface area contributed by atoms with Crippen molar-refractivity contribution in [1.82, 2.24) is 10.2 Å². The molecule has 0 aromatic heterocycles. The molecule has 0 radical (unpaired) electrons. The van der Waals surface area contributed by atoms with Crippen molar-refractivity contribution in [1.29, 1.82) is 0 Å². The van der Waals surface area contributed by atoms with Crippen molar-refractivity contribution in [3.05, 3.63) is 29.8 Å². The van der Waals surface area contributed by atoms with Crippen LogP contribution in [0.25, 0.3) is 0 Å². The fourth-order valence-corrected chi connectivity index (χ4v) is 5.01. The molecule has 6 heteroatoms. The first-order valence-electron chi connectivity index (χ1n) is 11.9. The second kappa shape index (κ2) is 12.3. The van der Waals surface area contributed by atoms with Crippen LogP contribution < -0.4 is 10.1 Å². The molecule has 1 aliphatic heterocycles. The van der Waals surface area contributed by atoms with E-state index in [4.69, 9.17) is 14.2 Å². The van der Waals surface area contributed by atoms with Gasteiger partial charge in [0.2, 0.25) is 0 Å². The lowest BCUT2D eigenvalue weighted by atomic mass is 9.69. The van der Waals surface area contributed by atoms with Gasteiger partial charge in [-0.15, -0.1) is 0 Å². The summed E-state index contributed by atoms with van der Waals surface area (Å²) in [7, 11) is 5.37. The molecule has 1 N–H and O–H groups in total. The minimum Gasteiger partial charge on any atom is -0.497 e. The van der Waals surface area contributed by atoms with E-state index in [0.29, 0.717) is 6.10 Å². The Bertz CT molecular complexity index is 663. The predicted molar refractivity (Wildman–Crippen MR) is 126 cm³/mol. The highest BCUT2D eigenvalue weighted by atomic mass is 16.5. The van der Waals surface area contributed by atoms with Crippen LogP contribution >= 0.6 is 0 Å². The van der Waals surface area contributed by atoms with E-state index >= 15 is 0 Å². The largest absolute Gasteiger partial charge is 0.497 e. The SMILES string of the molecule is CN=C(NCC1(c2ccc(OC)cc2)CCCCC1)N1CCC(OCCCOC)CC1. The Kier molecular flexibility index (Phi) is 9.47. The molecule has 2 fully saturated rings. The standard InChI is InChI=1S/C25H41N3O3/c1-26-24(28-16-12-23(13-17-28)31-19-7-18-29-2)27-20-25(14-5-4-6-15-25)21-8-10-22(30-3)11-9-21/h8-11,23H,4-7,12-20H2,1-3H3,(H,26,27). The van der Waals surface area contributed by atoms with Crippen molar-refractivity contribution in [2.24, 2.45) is 4.99 Å². The van der Waals surface area contributed by atoms with Crippen LogP contribution in [0.15, 0.2) is 29.3 Å². The fourth-order valence-electron chi connectivity index (χ4n) is 5.01. The van der Waals surface area contributed by atoms with Gasteiger partial charge in [0.15, 0.2) is 5.96 Å². The second-order valence-electron chi connectivity index (χ2n) is 8.87. The molecule has 0 amide bonds. The number of nitrogens with one attached hydrogen (secondary N) is 1. The van der Waals surface area contributed by atoms with Crippen molar-refractivity contribution in [2.45, 2.75) is 62.9 Å². The zero-order valence-corrected chi connectivity index (χ0v) is 19.7. The first-order valence-corrected chi connectivity index (χ1v) is 11.9. The molecule has 174 valence electrons. The first-order chi connectivity index (χ1) is 15.2. The number of guanidine groups is 1. The molecule has 6 nitrogen and oxygen atoms in total. The summed E-state index contributed by atoms with van der Waals surface area (Å²) < 4.78 is 16.5. The summed E-state index contributed by atoms with van der Waals surface area (Å²) in [5, 5.41) is 3.74. The van der Waals surface area contributed by atoms with Crippen molar-refractivity contribution in [3.63, 3.8) is 0 Å². The maximum Gasteiger partial charge on any atom is 0.193 e. The fraction of sp³-hybridized carbons (Fsp3) is 0.720. The Balaban J connectivity index is 1.55. The van der Waals surface area contributed by atoms with E-state index in [1.165, 1.54) is 37.7 Å². The summed E-state index contributed by atoms with van der Waals surface area (Å²) in [5.41, 5.74) is 1.59. The van der Waals surface area contributed by atoms with Gasteiger partial charge in [0, 0.05) is 52.4 Å². The lowest BCUT2D eigenvalue weighted by Crippen LogP contribution is -2.51. The summed E-state index contributed by atoms with van der Waals surface area (Å²) >= 11 is 0. The van der Waals surface area contributed by atoms with Gasteiger partial charge in [-0.05, 0) is 49.8 Å². The quantitative estimate of drug-likeness (QED) is 0.364. The molecule has 1 aromatic rings. The van der Waals surface area contributed by atoms with E-state index in [1.54, 1.807) is 14.2 Å². The van der Waals surface area contributed by atoms with Gasteiger partial charge in [-0.25, -0.2) is 0 Å². The maximum absolute atomic E-state index is 6.02. The highest BCUT2D eigenvalue weighted by Crippen LogP contribution is 2.39. The van der Waals surface area contributed by atoms with Crippen molar-refractivity contribution < 1.29 is 14.2 Å². The van der Waals surface area contributed by atoms with E-state index in [1.807, 2.05) is 7.05 Å². The number of methoxy groups -OCH3 is 2. The summed E-state index contributed by atoms with van der Waals surface area (Å²) in [6.45, 7) is 4.47.